The van der Waals surface area contributed by atoms with Crippen molar-refractivity contribution in [1.29, 1.82) is 0 Å². The number of nitrogens with one attached hydrogen (secondary N) is 1. The molecule has 0 unspecified atom stereocenters. The summed E-state index contributed by atoms with van der Waals surface area (Å²) in [6.07, 6.45) is 1.60. The van der Waals surface area contributed by atoms with Crippen molar-refractivity contribution in [2.24, 2.45) is 0 Å². The average molecular weight is 404 g/mol. The maximum Gasteiger partial charge on any atom is 0.329 e. The summed E-state index contributed by atoms with van der Waals surface area (Å²) in [5, 5.41) is 0. The van der Waals surface area contributed by atoms with Crippen LogP contribution in [0, 0.1) is 3.57 Å². The third-order valence-electron chi connectivity index (χ3n) is 3.43. The minimum atomic E-state index is -0.414. The summed E-state index contributed by atoms with van der Waals surface area (Å²) in [5.41, 5.74) is 1.20. The van der Waals surface area contributed by atoms with Gasteiger partial charge in [0.25, 0.3) is 5.56 Å². The van der Waals surface area contributed by atoms with E-state index in [1.807, 2.05) is 83.3 Å². The predicted molar refractivity (Wildman–Crippen MR) is 94.2 cm³/mol. The highest BCUT2D eigenvalue weighted by molar-refractivity contribution is 14.1. The molecule has 1 N–H and O–H groups in total. The van der Waals surface area contributed by atoms with Gasteiger partial charge in [-0.15, -0.1) is 0 Å². The first kappa shape index (κ1) is 14.8. The Bertz CT molecular complexity index is 846. The van der Waals surface area contributed by atoms with Crippen molar-refractivity contribution in [3.05, 3.63) is 102 Å². The fourth-order valence-electron chi connectivity index (χ4n) is 2.44. The summed E-state index contributed by atoms with van der Waals surface area (Å²) >= 11 is 1.94. The molecule has 4 nitrogen and oxygen atoms in total. The van der Waals surface area contributed by atoms with Crippen LogP contribution >= 0.6 is 22.6 Å². The molecule has 110 valence electrons. The second kappa shape index (κ2) is 6.31. The lowest BCUT2D eigenvalue weighted by Gasteiger charge is -2.20. The summed E-state index contributed by atoms with van der Waals surface area (Å²) in [6.45, 7) is 0. The van der Waals surface area contributed by atoms with Gasteiger partial charge in [-0.1, -0.05) is 60.7 Å². The quantitative estimate of drug-likeness (QED) is 0.683. The van der Waals surface area contributed by atoms with Crippen LogP contribution in [0.15, 0.2) is 76.4 Å². The number of hydrogen-bond acceptors (Lipinski definition) is 2. The van der Waals surface area contributed by atoms with E-state index in [0.29, 0.717) is 3.57 Å². The third-order valence-corrected chi connectivity index (χ3v) is 4.20. The van der Waals surface area contributed by atoms with Gasteiger partial charge >= 0.3 is 5.69 Å². The molecule has 1 heterocycles. The van der Waals surface area contributed by atoms with Gasteiger partial charge < -0.3 is 0 Å². The Morgan fingerprint density at radius 3 is 1.86 bits per heavy atom. The van der Waals surface area contributed by atoms with Crippen LogP contribution in [-0.4, -0.2) is 9.55 Å². The molecule has 0 aliphatic rings. The molecule has 3 rings (SSSR count). The molecule has 0 radical (unpaired) electrons. The Morgan fingerprint density at radius 2 is 1.36 bits per heavy atom. The molecule has 0 fully saturated rings. The molecule has 0 aliphatic heterocycles. The number of rotatable bonds is 3. The lowest BCUT2D eigenvalue weighted by molar-refractivity contribution is 0.623. The SMILES string of the molecule is O=c1[nH]c(=O)n(C(c2ccccc2)c2ccccc2)cc1I. The first-order valence-corrected chi connectivity index (χ1v) is 7.85. The lowest BCUT2D eigenvalue weighted by atomic mass is 9.98. The van der Waals surface area contributed by atoms with E-state index in [4.69, 9.17) is 0 Å². The molecule has 3 aromatic rings. The van der Waals surface area contributed by atoms with Crippen molar-refractivity contribution >= 4 is 22.6 Å². The molecule has 1 aromatic heterocycles. The second-order valence-electron chi connectivity index (χ2n) is 4.87. The van der Waals surface area contributed by atoms with Crippen LogP contribution in [0.25, 0.3) is 0 Å². The van der Waals surface area contributed by atoms with Gasteiger partial charge in [0.05, 0.1) is 9.61 Å². The Labute approximate surface area is 140 Å². The Morgan fingerprint density at radius 1 is 0.864 bits per heavy atom. The molecule has 0 spiro atoms. The minimum absolute atomic E-state index is 0.278. The van der Waals surface area contributed by atoms with Crippen LogP contribution in [0.2, 0.25) is 0 Å². The van der Waals surface area contributed by atoms with Gasteiger partial charge in [-0.05, 0) is 33.7 Å². The van der Waals surface area contributed by atoms with Crippen LogP contribution in [0.4, 0.5) is 0 Å². The summed E-state index contributed by atoms with van der Waals surface area (Å²) in [7, 11) is 0. The number of halogens is 1. The average Bonchev–Trinajstić information content (AvgIpc) is 2.55. The summed E-state index contributed by atoms with van der Waals surface area (Å²) in [4.78, 5) is 26.3. The Kier molecular flexibility index (Phi) is 4.24. The van der Waals surface area contributed by atoms with Gasteiger partial charge in [0.1, 0.15) is 0 Å². The van der Waals surface area contributed by atoms with Crippen molar-refractivity contribution in [2.75, 3.05) is 0 Å². The van der Waals surface area contributed by atoms with Gasteiger partial charge in [-0.2, -0.15) is 0 Å². The lowest BCUT2D eigenvalue weighted by Crippen LogP contribution is -2.34. The van der Waals surface area contributed by atoms with E-state index in [2.05, 4.69) is 4.98 Å². The molecule has 0 amide bonds. The normalized spacial score (nSPS) is 10.8. The topological polar surface area (TPSA) is 54.9 Å². The standard InChI is InChI=1S/C17H13IN2O2/c18-14-11-20(17(22)19-16(14)21)15(12-7-3-1-4-8-12)13-9-5-2-6-10-13/h1-11,15H,(H,19,21,22). The van der Waals surface area contributed by atoms with Crippen LogP contribution < -0.4 is 11.2 Å². The van der Waals surface area contributed by atoms with Crippen molar-refractivity contribution in [1.82, 2.24) is 9.55 Å². The smallest absolute Gasteiger partial charge is 0.288 e. The molecule has 0 bridgehead atoms. The van der Waals surface area contributed by atoms with Crippen molar-refractivity contribution in [3.8, 4) is 0 Å². The molecular weight excluding hydrogens is 391 g/mol. The van der Waals surface area contributed by atoms with Crippen molar-refractivity contribution in [3.63, 3.8) is 0 Å². The molecule has 0 saturated carbocycles. The monoisotopic (exact) mass is 404 g/mol. The first-order chi connectivity index (χ1) is 10.7. The van der Waals surface area contributed by atoms with Crippen molar-refractivity contribution in [2.45, 2.75) is 6.04 Å². The highest BCUT2D eigenvalue weighted by Crippen LogP contribution is 2.25. The Balaban J connectivity index is 2.26. The molecule has 0 saturated heterocycles. The largest absolute Gasteiger partial charge is 0.329 e. The number of aromatic nitrogens is 2. The number of hydrogen-bond donors (Lipinski definition) is 1. The van der Waals surface area contributed by atoms with E-state index < -0.39 is 5.69 Å². The van der Waals surface area contributed by atoms with Gasteiger partial charge in [0.15, 0.2) is 0 Å². The molecule has 22 heavy (non-hydrogen) atoms. The maximum atomic E-state index is 12.3. The Hall–Kier alpha value is -2.15. The van der Waals surface area contributed by atoms with Crippen LogP contribution in [-0.2, 0) is 0 Å². The molecular formula is C17H13IN2O2. The molecule has 0 aliphatic carbocycles. The van der Waals surface area contributed by atoms with E-state index in [9.17, 15) is 9.59 Å². The zero-order chi connectivity index (χ0) is 15.5. The zero-order valence-corrected chi connectivity index (χ0v) is 13.7. The summed E-state index contributed by atoms with van der Waals surface area (Å²) < 4.78 is 2.04. The molecule has 2 aromatic carbocycles. The highest BCUT2D eigenvalue weighted by atomic mass is 127. The number of aromatic amines is 1. The highest BCUT2D eigenvalue weighted by Gasteiger charge is 2.18. The third kappa shape index (κ3) is 2.89. The van der Waals surface area contributed by atoms with Crippen molar-refractivity contribution < 1.29 is 0 Å². The van der Waals surface area contributed by atoms with E-state index in [-0.39, 0.29) is 11.6 Å². The number of nitrogens with zero attached hydrogens (tertiary/aromatic N) is 1. The number of benzene rings is 2. The van der Waals surface area contributed by atoms with Crippen LogP contribution in [0.5, 0.6) is 0 Å². The van der Waals surface area contributed by atoms with Crippen LogP contribution in [0.3, 0.4) is 0 Å². The zero-order valence-electron chi connectivity index (χ0n) is 11.6. The van der Waals surface area contributed by atoms with E-state index in [1.165, 1.54) is 0 Å². The molecule has 5 heteroatoms. The van der Waals surface area contributed by atoms with Gasteiger partial charge in [0, 0.05) is 6.20 Å². The van der Waals surface area contributed by atoms with Gasteiger partial charge in [-0.25, -0.2) is 4.79 Å². The summed E-state index contributed by atoms with van der Waals surface area (Å²) in [6, 6.07) is 19.2. The van der Waals surface area contributed by atoms with E-state index in [1.54, 1.807) is 10.8 Å². The van der Waals surface area contributed by atoms with Crippen LogP contribution in [0.1, 0.15) is 17.2 Å². The summed E-state index contributed by atoms with van der Waals surface area (Å²) in [5.74, 6) is 0. The van der Waals surface area contributed by atoms with E-state index >= 15 is 0 Å². The minimum Gasteiger partial charge on any atom is -0.288 e. The predicted octanol–water partition coefficient (Wildman–Crippen LogP) is 2.78. The fourth-order valence-corrected chi connectivity index (χ4v) is 2.87. The van der Waals surface area contributed by atoms with E-state index in [0.717, 1.165) is 11.1 Å². The first-order valence-electron chi connectivity index (χ1n) is 6.77. The van der Waals surface area contributed by atoms with Gasteiger partial charge in [0.2, 0.25) is 0 Å². The maximum absolute atomic E-state index is 12.3. The number of H-pyrrole nitrogens is 1. The van der Waals surface area contributed by atoms with Gasteiger partial charge in [-0.3, -0.25) is 14.3 Å². The fraction of sp³-hybridized carbons (Fsp3) is 0.0588. The second-order valence-corrected chi connectivity index (χ2v) is 6.03. The molecule has 0 atom stereocenters.